The van der Waals surface area contributed by atoms with Crippen molar-refractivity contribution >= 4 is 34.5 Å². The first-order chi connectivity index (χ1) is 17.5. The van der Waals surface area contributed by atoms with Crippen LogP contribution in [0.3, 0.4) is 0 Å². The maximum Gasteiger partial charge on any atom is 0.338 e. The molecule has 2 aromatic carbocycles. The number of esters is 1. The second kappa shape index (κ2) is 10.1. The number of amides is 1. The number of benzene rings is 2. The Kier molecular flexibility index (Phi) is 6.57. The lowest BCUT2D eigenvalue weighted by Gasteiger charge is -2.33. The van der Waals surface area contributed by atoms with Crippen LogP contribution in [0.2, 0.25) is 0 Å². The summed E-state index contributed by atoms with van der Waals surface area (Å²) >= 11 is 0. The van der Waals surface area contributed by atoms with Gasteiger partial charge in [0.2, 0.25) is 5.91 Å². The van der Waals surface area contributed by atoms with Crippen LogP contribution in [-0.4, -0.2) is 46.7 Å². The van der Waals surface area contributed by atoms with Gasteiger partial charge in [-0.3, -0.25) is 4.79 Å². The third kappa shape index (κ3) is 4.74. The molecule has 5 rings (SSSR count). The average molecular weight is 490 g/mol. The number of hydrogen-bond acceptors (Lipinski definition) is 8. The van der Waals surface area contributed by atoms with E-state index in [1.165, 1.54) is 18.5 Å². The summed E-state index contributed by atoms with van der Waals surface area (Å²) in [4.78, 5) is 35.9. The highest BCUT2D eigenvalue weighted by atomic mass is 19.1. The van der Waals surface area contributed by atoms with Gasteiger partial charge in [0.25, 0.3) is 5.71 Å². The quantitative estimate of drug-likeness (QED) is 0.396. The van der Waals surface area contributed by atoms with Crippen molar-refractivity contribution < 1.29 is 23.2 Å². The Bertz CT molecular complexity index is 1410. The summed E-state index contributed by atoms with van der Waals surface area (Å²) in [5, 5.41) is 7.69. The minimum absolute atomic E-state index is 0.143. The summed E-state index contributed by atoms with van der Waals surface area (Å²) in [5.41, 5.74) is 2.43. The Balaban J connectivity index is 1.37. The number of piperidine rings is 1. The standard InChI is InChI=1S/C26H24FN5O4/c1-2-35-26(34)17-5-3-7-20(13-17)30-24(33)18-6-4-12-32(14-18)23-21-22(16-8-10-19(27)11-9-16)31-36-25(21)29-15-28-23/h3,5,7-11,13,15,18H,2,4,6,12,14H2,1H3,(H,30,33)/t18-/m1/s1. The van der Waals surface area contributed by atoms with Gasteiger partial charge in [0.05, 0.1) is 18.1 Å². The maximum absolute atomic E-state index is 13.4. The lowest BCUT2D eigenvalue weighted by molar-refractivity contribution is -0.120. The van der Waals surface area contributed by atoms with Crippen molar-refractivity contribution in [3.8, 4) is 11.3 Å². The molecule has 1 aliphatic rings. The van der Waals surface area contributed by atoms with Crippen LogP contribution in [-0.2, 0) is 9.53 Å². The van der Waals surface area contributed by atoms with Crippen LogP contribution < -0.4 is 10.2 Å². The molecule has 0 aliphatic carbocycles. The molecule has 1 N–H and O–H groups in total. The highest BCUT2D eigenvalue weighted by Crippen LogP contribution is 2.35. The second-order valence-corrected chi connectivity index (χ2v) is 8.49. The summed E-state index contributed by atoms with van der Waals surface area (Å²) in [7, 11) is 0. The van der Waals surface area contributed by atoms with E-state index in [-0.39, 0.29) is 24.2 Å². The number of fused-ring (bicyclic) bond motifs is 1. The fraction of sp³-hybridized carbons (Fsp3) is 0.269. The van der Waals surface area contributed by atoms with Gasteiger partial charge < -0.3 is 19.5 Å². The van der Waals surface area contributed by atoms with E-state index < -0.39 is 5.97 Å². The molecule has 9 nitrogen and oxygen atoms in total. The third-order valence-corrected chi connectivity index (χ3v) is 6.10. The summed E-state index contributed by atoms with van der Waals surface area (Å²) in [5.74, 6) is -0.613. The lowest BCUT2D eigenvalue weighted by Crippen LogP contribution is -2.41. The van der Waals surface area contributed by atoms with Crippen LogP contribution in [0.5, 0.6) is 0 Å². The normalized spacial score (nSPS) is 15.6. The Hall–Kier alpha value is -4.34. The number of carbonyl (C=O) groups excluding carboxylic acids is 2. The molecule has 1 fully saturated rings. The van der Waals surface area contributed by atoms with Gasteiger partial charge in [-0.25, -0.2) is 14.2 Å². The van der Waals surface area contributed by atoms with Crippen molar-refractivity contribution in [1.82, 2.24) is 15.1 Å². The number of aromatic nitrogens is 3. The number of nitrogens with one attached hydrogen (secondary N) is 1. The van der Waals surface area contributed by atoms with E-state index in [0.717, 1.165) is 6.42 Å². The highest BCUT2D eigenvalue weighted by Gasteiger charge is 2.29. The van der Waals surface area contributed by atoms with Crippen molar-refractivity contribution in [3.63, 3.8) is 0 Å². The molecule has 1 atom stereocenters. The Labute approximate surface area is 206 Å². The number of rotatable bonds is 6. The van der Waals surface area contributed by atoms with Gasteiger partial charge in [-0.2, -0.15) is 4.98 Å². The van der Waals surface area contributed by atoms with Gasteiger partial charge in [-0.15, -0.1) is 0 Å². The van der Waals surface area contributed by atoms with Gasteiger partial charge >= 0.3 is 5.97 Å². The molecule has 10 heteroatoms. The second-order valence-electron chi connectivity index (χ2n) is 8.49. The van der Waals surface area contributed by atoms with Gasteiger partial charge in [0.1, 0.15) is 29.0 Å². The minimum Gasteiger partial charge on any atom is -0.462 e. The van der Waals surface area contributed by atoms with Crippen molar-refractivity contribution in [2.45, 2.75) is 19.8 Å². The molecule has 1 saturated heterocycles. The summed E-state index contributed by atoms with van der Waals surface area (Å²) in [6, 6.07) is 12.7. The maximum atomic E-state index is 13.4. The van der Waals surface area contributed by atoms with Crippen LogP contribution in [0, 0.1) is 11.7 Å². The first kappa shape index (κ1) is 23.4. The molecule has 0 unspecified atom stereocenters. The molecule has 1 aliphatic heterocycles. The molecule has 1 amide bonds. The Morgan fingerprint density at radius 1 is 1.19 bits per heavy atom. The fourth-order valence-electron chi connectivity index (χ4n) is 4.38. The smallest absolute Gasteiger partial charge is 0.338 e. The molecule has 4 aromatic rings. The molecule has 0 saturated carbocycles. The zero-order valence-corrected chi connectivity index (χ0v) is 19.6. The lowest BCUT2D eigenvalue weighted by atomic mass is 9.96. The molecule has 184 valence electrons. The SMILES string of the molecule is CCOC(=O)c1cccc(NC(=O)[C@@H]2CCCN(c3ncnc4onc(-c5ccc(F)cc5)c34)C2)c1. The molecule has 0 bridgehead atoms. The summed E-state index contributed by atoms with van der Waals surface area (Å²) in [6.45, 7) is 3.15. The van der Waals surface area contributed by atoms with E-state index in [2.05, 4.69) is 20.4 Å². The Morgan fingerprint density at radius 2 is 2.03 bits per heavy atom. The zero-order chi connectivity index (χ0) is 25.1. The summed E-state index contributed by atoms with van der Waals surface area (Å²) in [6.07, 6.45) is 2.90. The van der Waals surface area contributed by atoms with E-state index >= 15 is 0 Å². The number of halogens is 1. The number of anilines is 2. The van der Waals surface area contributed by atoms with Gasteiger partial charge in [0, 0.05) is 24.3 Å². The first-order valence-electron chi connectivity index (χ1n) is 11.7. The van der Waals surface area contributed by atoms with Crippen molar-refractivity contribution in [3.05, 3.63) is 66.2 Å². The Morgan fingerprint density at radius 3 is 2.83 bits per heavy atom. The molecule has 0 radical (unpaired) electrons. The molecular formula is C26H24FN5O4. The monoisotopic (exact) mass is 489 g/mol. The topological polar surface area (TPSA) is 110 Å². The van der Waals surface area contributed by atoms with E-state index in [1.807, 2.05) is 4.90 Å². The van der Waals surface area contributed by atoms with Gasteiger partial charge in [0.15, 0.2) is 0 Å². The van der Waals surface area contributed by atoms with Gasteiger partial charge in [-0.05, 0) is 62.2 Å². The van der Waals surface area contributed by atoms with E-state index in [4.69, 9.17) is 9.26 Å². The molecule has 36 heavy (non-hydrogen) atoms. The van der Waals surface area contributed by atoms with Crippen LogP contribution in [0.15, 0.2) is 59.4 Å². The van der Waals surface area contributed by atoms with Crippen LogP contribution in [0.25, 0.3) is 22.4 Å². The van der Waals surface area contributed by atoms with Crippen LogP contribution in [0.4, 0.5) is 15.9 Å². The number of ether oxygens (including phenoxy) is 1. The van der Waals surface area contributed by atoms with Crippen LogP contribution >= 0.6 is 0 Å². The minimum atomic E-state index is -0.434. The predicted molar refractivity (Wildman–Crippen MR) is 131 cm³/mol. The first-order valence-corrected chi connectivity index (χ1v) is 11.7. The largest absolute Gasteiger partial charge is 0.462 e. The fourth-order valence-corrected chi connectivity index (χ4v) is 4.38. The average Bonchev–Trinajstić information content (AvgIpc) is 3.34. The molecular weight excluding hydrogens is 465 g/mol. The van der Waals surface area contributed by atoms with Crippen molar-refractivity contribution in [2.75, 3.05) is 29.9 Å². The number of carbonyl (C=O) groups is 2. The van der Waals surface area contributed by atoms with Gasteiger partial charge in [-0.1, -0.05) is 11.2 Å². The number of hydrogen-bond donors (Lipinski definition) is 1. The van der Waals surface area contributed by atoms with Crippen molar-refractivity contribution in [1.29, 1.82) is 0 Å². The molecule has 2 aromatic heterocycles. The predicted octanol–water partition coefficient (Wildman–Crippen LogP) is 4.46. The molecule has 3 heterocycles. The van der Waals surface area contributed by atoms with E-state index in [0.29, 0.717) is 58.9 Å². The summed E-state index contributed by atoms with van der Waals surface area (Å²) < 4.78 is 23.9. The number of nitrogens with zero attached hydrogens (tertiary/aromatic N) is 4. The van der Waals surface area contributed by atoms with Crippen LogP contribution in [0.1, 0.15) is 30.1 Å². The van der Waals surface area contributed by atoms with Crippen molar-refractivity contribution in [2.24, 2.45) is 5.92 Å². The molecule has 0 spiro atoms. The van der Waals surface area contributed by atoms with E-state index in [1.54, 1.807) is 43.3 Å². The third-order valence-electron chi connectivity index (χ3n) is 6.10. The van der Waals surface area contributed by atoms with E-state index in [9.17, 15) is 14.0 Å². The zero-order valence-electron chi connectivity index (χ0n) is 19.6. The highest BCUT2D eigenvalue weighted by molar-refractivity contribution is 5.99.